The molecule has 3 rings (SSSR count). The van der Waals surface area contributed by atoms with Crippen molar-refractivity contribution in [1.82, 2.24) is 16.1 Å². The second-order valence-corrected chi connectivity index (χ2v) is 8.81. The Kier molecular flexibility index (Phi) is 11.5. The number of methoxy groups -OCH3 is 1. The van der Waals surface area contributed by atoms with Gasteiger partial charge >= 0.3 is 6.03 Å². The maximum atomic E-state index is 13.1. The molecule has 210 valence electrons. The largest absolute Gasteiger partial charge is 0.495 e. The van der Waals surface area contributed by atoms with E-state index in [1.54, 1.807) is 66.1 Å². The molecule has 0 spiro atoms. The highest BCUT2D eigenvalue weighted by molar-refractivity contribution is 6.04. The number of hydrogen-bond donors (Lipinski definition) is 6. The lowest BCUT2D eigenvalue weighted by Gasteiger charge is -2.21. The minimum atomic E-state index is -0.874. The third-order valence-corrected chi connectivity index (χ3v) is 5.93. The fraction of sp³-hybridized carbons (Fsp3) is 0.241. The molecular weight excluding hydrogens is 514 g/mol. The number of hydrogen-bond acceptors (Lipinski definition) is 7. The normalized spacial score (nSPS) is 11.1. The highest BCUT2D eigenvalue weighted by Crippen LogP contribution is 2.28. The van der Waals surface area contributed by atoms with E-state index >= 15 is 0 Å². The van der Waals surface area contributed by atoms with E-state index in [4.69, 9.17) is 9.94 Å². The first-order valence-corrected chi connectivity index (χ1v) is 12.8. The molecule has 5 amide bonds. The van der Waals surface area contributed by atoms with E-state index in [2.05, 4.69) is 21.3 Å². The summed E-state index contributed by atoms with van der Waals surface area (Å²) in [4.78, 5) is 49.1. The standard InChI is InChI=1S/C29H33N5O6/c1-40-24-13-8-7-12-23(24)32-26(20-10-4-2-5-11-20)28(37)33-29(38)31-22-17-15-21(16-18-22)27(36)30-19-9-3-6-14-25(35)34-39/h2,4-5,7-8,10-13,15-18,26,32,39H,3,6,9,14,19H2,1H3,(H,30,36)(H,34,35)(H2,31,33,37,38)/t26-/m0/s1. The lowest BCUT2D eigenvalue weighted by atomic mass is 10.1. The van der Waals surface area contributed by atoms with Crippen molar-refractivity contribution in [1.29, 1.82) is 0 Å². The van der Waals surface area contributed by atoms with Gasteiger partial charge in [-0.1, -0.05) is 48.9 Å². The van der Waals surface area contributed by atoms with Gasteiger partial charge in [-0.2, -0.15) is 0 Å². The second-order valence-electron chi connectivity index (χ2n) is 8.81. The quantitative estimate of drug-likeness (QED) is 0.107. The van der Waals surface area contributed by atoms with E-state index in [-0.39, 0.29) is 12.3 Å². The SMILES string of the molecule is COc1ccccc1N[C@H](C(=O)NC(=O)Nc1ccc(C(=O)NCCCCCC(=O)NO)cc1)c1ccccc1. The highest BCUT2D eigenvalue weighted by Gasteiger charge is 2.23. The summed E-state index contributed by atoms with van der Waals surface area (Å²) in [6.45, 7) is 0.440. The molecule has 0 radical (unpaired) electrons. The second kappa shape index (κ2) is 15.5. The van der Waals surface area contributed by atoms with Crippen molar-refractivity contribution in [2.24, 2.45) is 0 Å². The van der Waals surface area contributed by atoms with Crippen LogP contribution in [0, 0.1) is 0 Å². The molecular formula is C29H33N5O6. The number of ether oxygens (including phenoxy) is 1. The molecule has 6 N–H and O–H groups in total. The van der Waals surface area contributed by atoms with Gasteiger partial charge in [0.1, 0.15) is 11.8 Å². The molecule has 0 saturated heterocycles. The molecule has 1 atom stereocenters. The Morgan fingerprint density at radius 3 is 2.25 bits per heavy atom. The number of benzene rings is 3. The van der Waals surface area contributed by atoms with Crippen molar-refractivity contribution in [3.63, 3.8) is 0 Å². The van der Waals surface area contributed by atoms with E-state index in [1.807, 2.05) is 18.2 Å². The number of unbranched alkanes of at least 4 members (excludes halogenated alkanes) is 2. The zero-order chi connectivity index (χ0) is 28.7. The molecule has 0 aliphatic heterocycles. The Balaban J connectivity index is 1.53. The highest BCUT2D eigenvalue weighted by atomic mass is 16.5. The van der Waals surface area contributed by atoms with Crippen molar-refractivity contribution in [2.75, 3.05) is 24.3 Å². The van der Waals surface area contributed by atoms with Crippen LogP contribution in [0.4, 0.5) is 16.2 Å². The van der Waals surface area contributed by atoms with E-state index in [9.17, 15) is 19.2 Å². The third kappa shape index (κ3) is 9.14. The van der Waals surface area contributed by atoms with Crippen LogP contribution in [-0.4, -0.2) is 42.6 Å². The average molecular weight is 548 g/mol. The van der Waals surface area contributed by atoms with Crippen LogP contribution in [0.25, 0.3) is 0 Å². The van der Waals surface area contributed by atoms with Gasteiger partial charge in [0.15, 0.2) is 0 Å². The molecule has 0 unspecified atom stereocenters. The molecule has 3 aromatic rings. The van der Waals surface area contributed by atoms with Gasteiger partial charge in [-0.15, -0.1) is 0 Å². The van der Waals surface area contributed by atoms with Crippen LogP contribution in [0.2, 0.25) is 0 Å². The summed E-state index contributed by atoms with van der Waals surface area (Å²) >= 11 is 0. The predicted molar refractivity (Wildman–Crippen MR) is 150 cm³/mol. The van der Waals surface area contributed by atoms with Crippen molar-refractivity contribution < 1.29 is 29.1 Å². The number of carbonyl (C=O) groups excluding carboxylic acids is 4. The van der Waals surface area contributed by atoms with Crippen LogP contribution in [0.5, 0.6) is 5.75 Å². The van der Waals surface area contributed by atoms with Crippen LogP contribution < -0.4 is 31.5 Å². The number of imide groups is 1. The number of para-hydroxylation sites is 2. The van der Waals surface area contributed by atoms with Gasteiger partial charge in [0.2, 0.25) is 5.91 Å². The fourth-order valence-corrected chi connectivity index (χ4v) is 3.86. The third-order valence-electron chi connectivity index (χ3n) is 5.93. The predicted octanol–water partition coefficient (Wildman–Crippen LogP) is 3.99. The number of amides is 5. The Morgan fingerprint density at radius 1 is 0.850 bits per heavy atom. The van der Waals surface area contributed by atoms with Crippen LogP contribution in [-0.2, 0) is 9.59 Å². The molecule has 0 aliphatic carbocycles. The molecule has 0 heterocycles. The first kappa shape index (κ1) is 29.7. The Labute approximate surface area is 232 Å². The smallest absolute Gasteiger partial charge is 0.325 e. The topological polar surface area (TPSA) is 158 Å². The minimum absolute atomic E-state index is 0.225. The summed E-state index contributed by atoms with van der Waals surface area (Å²) in [7, 11) is 1.53. The molecule has 0 bridgehead atoms. The maximum absolute atomic E-state index is 13.1. The molecule has 40 heavy (non-hydrogen) atoms. The Morgan fingerprint density at radius 2 is 1.55 bits per heavy atom. The van der Waals surface area contributed by atoms with Crippen molar-refractivity contribution in [2.45, 2.75) is 31.7 Å². The van der Waals surface area contributed by atoms with E-state index in [0.29, 0.717) is 47.6 Å². The zero-order valence-electron chi connectivity index (χ0n) is 22.1. The van der Waals surface area contributed by atoms with Gasteiger partial charge in [-0.05, 0) is 54.8 Å². The molecule has 0 aromatic heterocycles. The van der Waals surface area contributed by atoms with Gasteiger partial charge < -0.3 is 20.7 Å². The van der Waals surface area contributed by atoms with Crippen molar-refractivity contribution in [3.05, 3.63) is 90.0 Å². The number of hydroxylamine groups is 1. The molecule has 0 saturated carbocycles. The summed E-state index contributed by atoms with van der Waals surface area (Å²) in [5.74, 6) is -0.719. The first-order chi connectivity index (χ1) is 19.4. The van der Waals surface area contributed by atoms with Gasteiger partial charge in [0.25, 0.3) is 11.8 Å². The monoisotopic (exact) mass is 547 g/mol. The Bertz CT molecular complexity index is 1280. The van der Waals surface area contributed by atoms with Crippen molar-refractivity contribution >= 4 is 35.1 Å². The van der Waals surface area contributed by atoms with E-state index in [1.165, 1.54) is 7.11 Å². The summed E-state index contributed by atoms with van der Waals surface area (Å²) in [6, 6.07) is 20.8. The molecule has 11 heteroatoms. The van der Waals surface area contributed by atoms with Crippen LogP contribution in [0.1, 0.15) is 47.6 Å². The Hall–Kier alpha value is -4.90. The number of carbonyl (C=O) groups is 4. The van der Waals surface area contributed by atoms with Crippen LogP contribution in [0.3, 0.4) is 0 Å². The maximum Gasteiger partial charge on any atom is 0.325 e. The molecule has 0 aliphatic rings. The van der Waals surface area contributed by atoms with Gasteiger partial charge in [-0.3, -0.25) is 24.9 Å². The van der Waals surface area contributed by atoms with Crippen molar-refractivity contribution in [3.8, 4) is 5.75 Å². The van der Waals surface area contributed by atoms with E-state index < -0.39 is 23.9 Å². The molecule has 11 nitrogen and oxygen atoms in total. The first-order valence-electron chi connectivity index (χ1n) is 12.8. The lowest BCUT2D eigenvalue weighted by Crippen LogP contribution is -2.40. The minimum Gasteiger partial charge on any atom is -0.495 e. The van der Waals surface area contributed by atoms with Crippen LogP contribution in [0.15, 0.2) is 78.9 Å². The van der Waals surface area contributed by atoms with Gasteiger partial charge in [0.05, 0.1) is 12.8 Å². The summed E-state index contributed by atoms with van der Waals surface area (Å²) in [5.41, 5.74) is 3.64. The number of nitrogens with one attached hydrogen (secondary N) is 5. The number of anilines is 2. The molecule has 0 fully saturated rings. The van der Waals surface area contributed by atoms with E-state index in [0.717, 1.165) is 6.42 Å². The summed E-state index contributed by atoms with van der Waals surface area (Å²) in [5, 5.41) is 19.4. The number of urea groups is 1. The summed E-state index contributed by atoms with van der Waals surface area (Å²) in [6.07, 6.45) is 2.25. The zero-order valence-corrected chi connectivity index (χ0v) is 22.1. The van der Waals surface area contributed by atoms with Crippen LogP contribution >= 0.6 is 0 Å². The average Bonchev–Trinajstić information content (AvgIpc) is 2.98. The van der Waals surface area contributed by atoms with Gasteiger partial charge in [0, 0.05) is 24.2 Å². The summed E-state index contributed by atoms with van der Waals surface area (Å²) < 4.78 is 5.37. The lowest BCUT2D eigenvalue weighted by molar-refractivity contribution is -0.129. The molecule has 3 aromatic carbocycles. The number of rotatable bonds is 13. The van der Waals surface area contributed by atoms with Gasteiger partial charge in [-0.25, -0.2) is 10.3 Å². The fourth-order valence-electron chi connectivity index (χ4n) is 3.86.